The average Bonchev–Trinajstić information content (AvgIpc) is 2.91. The topological polar surface area (TPSA) is 28.7 Å². The van der Waals surface area contributed by atoms with Gasteiger partial charge in [-0.25, -0.2) is 4.98 Å². The second-order valence-corrected chi connectivity index (χ2v) is 5.07. The Kier molecular flexibility index (Phi) is 4.82. The van der Waals surface area contributed by atoms with Crippen molar-refractivity contribution in [1.29, 1.82) is 0 Å². The number of halogens is 1. The summed E-state index contributed by atoms with van der Waals surface area (Å²) in [7, 11) is 0. The molecule has 1 atom stereocenters. The maximum absolute atomic E-state index is 5.88. The smallest absolute Gasteiger partial charge is 0.0921 e. The highest BCUT2D eigenvalue weighted by Crippen LogP contribution is 2.23. The van der Waals surface area contributed by atoms with Gasteiger partial charge in [-0.2, -0.15) is 0 Å². The van der Waals surface area contributed by atoms with Crippen molar-refractivity contribution in [3.8, 4) is 0 Å². The monoisotopic (exact) mass is 262 g/mol. The van der Waals surface area contributed by atoms with Crippen LogP contribution < -0.4 is 0 Å². The zero-order chi connectivity index (χ0) is 12.8. The summed E-state index contributed by atoms with van der Waals surface area (Å²) in [6.07, 6.45) is 8.36. The van der Waals surface area contributed by atoms with E-state index in [0.29, 0.717) is 5.92 Å². The molecule has 1 unspecified atom stereocenters. The largest absolute Gasteiger partial charge is 0.348 e. The standard InChI is InChI=1S/C15H19ClN2/c1-2-13(15-10-17-11-18-15)5-3-4-12-6-8-14(16)9-7-12/h6-11,13H,2-5H2,1H3,(H,17,18). The van der Waals surface area contributed by atoms with Crippen LogP contribution in [0.1, 0.15) is 43.4 Å². The van der Waals surface area contributed by atoms with E-state index in [2.05, 4.69) is 29.0 Å². The fraction of sp³-hybridized carbons (Fsp3) is 0.400. The van der Waals surface area contributed by atoms with Crippen molar-refractivity contribution in [2.24, 2.45) is 0 Å². The number of nitrogens with one attached hydrogen (secondary N) is 1. The lowest BCUT2D eigenvalue weighted by Gasteiger charge is -2.12. The Morgan fingerprint density at radius 2 is 2.06 bits per heavy atom. The van der Waals surface area contributed by atoms with Gasteiger partial charge in [0.15, 0.2) is 0 Å². The van der Waals surface area contributed by atoms with Gasteiger partial charge in [0.05, 0.1) is 6.33 Å². The molecule has 0 radical (unpaired) electrons. The van der Waals surface area contributed by atoms with Gasteiger partial charge >= 0.3 is 0 Å². The van der Waals surface area contributed by atoms with E-state index in [0.717, 1.165) is 17.9 Å². The number of nitrogens with zero attached hydrogens (tertiary/aromatic N) is 1. The van der Waals surface area contributed by atoms with Gasteiger partial charge < -0.3 is 4.98 Å². The van der Waals surface area contributed by atoms with Gasteiger partial charge in [-0.05, 0) is 43.4 Å². The summed E-state index contributed by atoms with van der Waals surface area (Å²) in [5, 5.41) is 0.808. The molecule has 96 valence electrons. The number of aryl methyl sites for hydroxylation is 1. The van der Waals surface area contributed by atoms with Crippen LogP contribution in [0.4, 0.5) is 0 Å². The van der Waals surface area contributed by atoms with Crippen molar-refractivity contribution in [3.63, 3.8) is 0 Å². The third kappa shape index (κ3) is 3.61. The molecule has 0 fully saturated rings. The molecule has 1 aromatic heterocycles. The van der Waals surface area contributed by atoms with Crippen LogP contribution in [-0.2, 0) is 6.42 Å². The second-order valence-electron chi connectivity index (χ2n) is 4.63. The Morgan fingerprint density at radius 1 is 1.28 bits per heavy atom. The zero-order valence-corrected chi connectivity index (χ0v) is 11.5. The van der Waals surface area contributed by atoms with Crippen LogP contribution in [0.25, 0.3) is 0 Å². The molecule has 0 aliphatic carbocycles. The molecule has 18 heavy (non-hydrogen) atoms. The number of aromatic nitrogens is 2. The second kappa shape index (κ2) is 6.60. The van der Waals surface area contributed by atoms with Crippen LogP contribution in [0.5, 0.6) is 0 Å². The highest BCUT2D eigenvalue weighted by Gasteiger charge is 2.10. The van der Waals surface area contributed by atoms with Crippen molar-refractivity contribution >= 4 is 11.6 Å². The van der Waals surface area contributed by atoms with Crippen molar-refractivity contribution in [3.05, 3.63) is 53.1 Å². The van der Waals surface area contributed by atoms with E-state index in [9.17, 15) is 0 Å². The molecule has 0 saturated carbocycles. The van der Waals surface area contributed by atoms with Crippen LogP contribution >= 0.6 is 11.6 Å². The van der Waals surface area contributed by atoms with Crippen LogP contribution in [0.3, 0.4) is 0 Å². The van der Waals surface area contributed by atoms with Crippen LogP contribution in [0.15, 0.2) is 36.8 Å². The van der Waals surface area contributed by atoms with Crippen molar-refractivity contribution in [2.45, 2.75) is 38.5 Å². The van der Waals surface area contributed by atoms with Crippen molar-refractivity contribution < 1.29 is 0 Å². The summed E-state index contributed by atoms with van der Waals surface area (Å²) in [4.78, 5) is 7.31. The van der Waals surface area contributed by atoms with Crippen LogP contribution in [-0.4, -0.2) is 9.97 Å². The van der Waals surface area contributed by atoms with Crippen molar-refractivity contribution in [2.75, 3.05) is 0 Å². The minimum atomic E-state index is 0.597. The first kappa shape index (κ1) is 13.2. The molecule has 1 aromatic carbocycles. The summed E-state index contributed by atoms with van der Waals surface area (Å²) in [6.45, 7) is 2.23. The minimum Gasteiger partial charge on any atom is -0.348 e. The lowest BCUT2D eigenvalue weighted by atomic mass is 9.95. The van der Waals surface area contributed by atoms with Crippen molar-refractivity contribution in [1.82, 2.24) is 9.97 Å². The molecule has 3 heteroatoms. The third-order valence-electron chi connectivity index (χ3n) is 3.38. The lowest BCUT2D eigenvalue weighted by Crippen LogP contribution is -1.99. The maximum Gasteiger partial charge on any atom is 0.0921 e. The maximum atomic E-state index is 5.88. The third-order valence-corrected chi connectivity index (χ3v) is 3.64. The molecule has 2 nitrogen and oxygen atoms in total. The normalized spacial score (nSPS) is 12.6. The number of hydrogen-bond acceptors (Lipinski definition) is 1. The molecule has 2 rings (SSSR count). The predicted molar refractivity (Wildman–Crippen MR) is 76.0 cm³/mol. The van der Waals surface area contributed by atoms with Gasteiger partial charge in [0, 0.05) is 22.8 Å². The van der Waals surface area contributed by atoms with Gasteiger partial charge in [0.25, 0.3) is 0 Å². The van der Waals surface area contributed by atoms with E-state index in [-0.39, 0.29) is 0 Å². The SMILES string of the molecule is CCC(CCCc1ccc(Cl)cc1)c1cnc[nH]1. The first-order valence-corrected chi connectivity index (χ1v) is 6.90. The minimum absolute atomic E-state index is 0.597. The summed E-state index contributed by atoms with van der Waals surface area (Å²) < 4.78 is 0. The van der Waals surface area contributed by atoms with E-state index in [1.54, 1.807) is 6.33 Å². The number of H-pyrrole nitrogens is 1. The molecular formula is C15H19ClN2. The van der Waals surface area contributed by atoms with E-state index in [1.807, 2.05) is 18.3 Å². The van der Waals surface area contributed by atoms with Crippen LogP contribution in [0.2, 0.25) is 5.02 Å². The first-order chi connectivity index (χ1) is 8.79. The van der Waals surface area contributed by atoms with Gasteiger partial charge in [0.2, 0.25) is 0 Å². The molecule has 2 aromatic rings. The van der Waals surface area contributed by atoms with Gasteiger partial charge in [0.1, 0.15) is 0 Å². The zero-order valence-electron chi connectivity index (χ0n) is 10.7. The van der Waals surface area contributed by atoms with Gasteiger partial charge in [-0.3, -0.25) is 0 Å². The molecular weight excluding hydrogens is 244 g/mol. The predicted octanol–water partition coefficient (Wildman–Crippen LogP) is 4.58. The van der Waals surface area contributed by atoms with E-state index in [4.69, 9.17) is 11.6 Å². The highest BCUT2D eigenvalue weighted by atomic mass is 35.5. The number of hydrogen-bond donors (Lipinski definition) is 1. The van der Waals surface area contributed by atoms with E-state index in [1.165, 1.54) is 24.1 Å². The molecule has 0 aliphatic rings. The van der Waals surface area contributed by atoms with Gasteiger partial charge in [-0.15, -0.1) is 0 Å². The fourth-order valence-corrected chi connectivity index (χ4v) is 2.40. The molecule has 0 aliphatic heterocycles. The Bertz CT molecular complexity index is 448. The molecule has 0 saturated heterocycles. The Hall–Kier alpha value is -1.28. The molecule has 0 bridgehead atoms. The summed E-state index contributed by atoms with van der Waals surface area (Å²) in [5.41, 5.74) is 2.62. The Labute approximate surface area is 113 Å². The van der Waals surface area contributed by atoms with E-state index >= 15 is 0 Å². The number of benzene rings is 1. The summed E-state index contributed by atoms with van der Waals surface area (Å²) in [5.74, 6) is 0.597. The number of rotatable bonds is 6. The Morgan fingerprint density at radius 3 is 2.67 bits per heavy atom. The summed E-state index contributed by atoms with van der Waals surface area (Å²) >= 11 is 5.88. The van der Waals surface area contributed by atoms with E-state index < -0.39 is 0 Å². The molecule has 1 N–H and O–H groups in total. The van der Waals surface area contributed by atoms with Gasteiger partial charge in [-0.1, -0.05) is 30.7 Å². The average molecular weight is 263 g/mol. The molecule has 1 heterocycles. The Balaban J connectivity index is 1.82. The lowest BCUT2D eigenvalue weighted by molar-refractivity contribution is 0.565. The quantitative estimate of drug-likeness (QED) is 0.811. The molecule has 0 spiro atoms. The fourth-order valence-electron chi connectivity index (χ4n) is 2.27. The highest BCUT2D eigenvalue weighted by molar-refractivity contribution is 6.30. The van der Waals surface area contributed by atoms with Crippen LogP contribution in [0, 0.1) is 0 Å². The number of imidazole rings is 1. The first-order valence-electron chi connectivity index (χ1n) is 6.52. The molecule has 0 amide bonds. The summed E-state index contributed by atoms with van der Waals surface area (Å²) in [6, 6.07) is 8.14. The number of aromatic amines is 1.